The number of ketones is 4. The average Bonchev–Trinajstić information content (AvgIpc) is 1.49. The van der Waals surface area contributed by atoms with Gasteiger partial charge in [0, 0.05) is 99.1 Å². The Balaban J connectivity index is -0.000000133. The zero-order chi connectivity index (χ0) is 69.8. The van der Waals surface area contributed by atoms with Crippen molar-refractivity contribution in [2.24, 2.45) is 0 Å². The van der Waals surface area contributed by atoms with E-state index in [-0.39, 0.29) is 190 Å². The minimum absolute atomic E-state index is 0. The molecule has 0 bridgehead atoms. The monoisotopic (exact) mass is 1930 g/mol. The Morgan fingerprint density at radius 1 is 0.265 bits per heavy atom. The first-order chi connectivity index (χ1) is 42.7. The van der Waals surface area contributed by atoms with Gasteiger partial charge < -0.3 is 52.0 Å². The van der Waals surface area contributed by atoms with Crippen molar-refractivity contribution in [3.8, 4) is 0 Å². The van der Waals surface area contributed by atoms with Gasteiger partial charge in [0.2, 0.25) is 0 Å². The van der Waals surface area contributed by atoms with Crippen LogP contribution in [0.1, 0.15) is 102 Å². The van der Waals surface area contributed by atoms with Gasteiger partial charge in [-0.1, -0.05) is 36.4 Å². The number of hydrogen-bond donors (Lipinski definition) is 0. The number of Topliss-reactive ketones (excluding diaryl/α,β-unsaturated/α-hetero) is 4. The van der Waals surface area contributed by atoms with Gasteiger partial charge in [-0.25, -0.2) is 112 Å². The summed E-state index contributed by atoms with van der Waals surface area (Å²) in [5, 5.41) is 35.6. The molecule has 0 aliphatic carbocycles. The number of nitrogens with zero attached hydrogens (tertiary/aromatic N) is 16. The van der Waals surface area contributed by atoms with Gasteiger partial charge in [0.05, 0.1) is 0 Å². The van der Waals surface area contributed by atoms with Crippen molar-refractivity contribution in [3.63, 3.8) is 0 Å². The van der Waals surface area contributed by atoms with Crippen molar-refractivity contribution in [1.82, 2.24) is 78.2 Å². The van der Waals surface area contributed by atoms with Crippen molar-refractivity contribution in [3.05, 3.63) is 218 Å². The normalized spacial score (nSPS) is 9.69. The number of rotatable bonds is 12. The van der Waals surface area contributed by atoms with Gasteiger partial charge in [0.1, 0.15) is 23.1 Å². The summed E-state index contributed by atoms with van der Waals surface area (Å²) in [6, 6.07) is 32.0. The van der Waals surface area contributed by atoms with E-state index in [1.54, 1.807) is 49.6 Å². The molecule has 8 aromatic heterocycles. The summed E-state index contributed by atoms with van der Waals surface area (Å²) in [6.07, 6.45) is 29.0. The second-order valence-electron chi connectivity index (χ2n) is 17.9. The molecule has 0 unspecified atom stereocenters. The van der Waals surface area contributed by atoms with Crippen molar-refractivity contribution >= 4 is 23.1 Å². The fourth-order valence-corrected chi connectivity index (χ4v) is 6.87. The summed E-state index contributed by atoms with van der Waals surface area (Å²) in [5.41, 5.74) is 4.26. The summed E-state index contributed by atoms with van der Waals surface area (Å²) in [7, 11) is -19.8. The average molecular weight is 1930 g/mol. The molecule has 10 rings (SSSR count). The minimum Gasteiger partial charge on any atom is -0.870 e. The smallest absolute Gasteiger partial charge is 0.870 e. The van der Waals surface area contributed by atoms with Crippen LogP contribution in [0.2, 0.25) is 0 Å². The molecular formula is C52H70Cd4Cl4N16O26+2. The first kappa shape index (κ1) is 118. The van der Waals surface area contributed by atoms with E-state index < -0.39 is 41.0 Å². The Hall–Kier alpha value is -5.23. The first-order valence-electron chi connectivity index (χ1n) is 25.2. The molecule has 0 aliphatic heterocycles. The number of halogens is 4. The second-order valence-corrected chi connectivity index (χ2v) is 20.9. The number of carbonyl (C=O) groups excluding carboxylic acids is 4. The minimum atomic E-state index is -4.94. The molecule has 0 saturated carbocycles. The summed E-state index contributed by atoms with van der Waals surface area (Å²) in [6.45, 7) is 12.2. The van der Waals surface area contributed by atoms with Gasteiger partial charge in [-0.15, -0.1) is 41.0 Å². The molecule has 0 fully saturated rings. The molecule has 42 nitrogen and oxygen atoms in total. The van der Waals surface area contributed by atoms with E-state index in [2.05, 4.69) is 77.2 Å². The summed E-state index contributed by atoms with van der Waals surface area (Å²) < 4.78 is 151. The summed E-state index contributed by atoms with van der Waals surface area (Å²) in [5.74, 6) is 0.667. The Morgan fingerprint density at radius 3 is 0.441 bits per heavy atom. The maximum atomic E-state index is 9.44. The Kier molecular flexibility index (Phi) is 70.5. The summed E-state index contributed by atoms with van der Waals surface area (Å²) in [4.78, 5) is 37.8. The molecule has 8 heterocycles. The van der Waals surface area contributed by atoms with Crippen LogP contribution in [-0.4, -0.2) is 123 Å². The molecule has 0 amide bonds. The molecule has 0 saturated heterocycles. The fraction of sp³-hybridized carbons (Fsp3) is 0.231. The Morgan fingerprint density at radius 2 is 0.363 bits per heavy atom. The molecule has 0 spiro atoms. The zero-order valence-electron chi connectivity index (χ0n) is 55.4. The Labute approximate surface area is 670 Å². The van der Waals surface area contributed by atoms with Crippen molar-refractivity contribution in [2.75, 3.05) is 0 Å². The molecule has 10 aromatic rings. The van der Waals surface area contributed by atoms with Crippen LogP contribution < -0.4 is 74.5 Å². The predicted molar refractivity (Wildman–Crippen MR) is 288 cm³/mol. The molecule has 2 aromatic carbocycles. The molecule has 0 aliphatic rings. The SMILES string of the molecule is CC(C)=O.CC(C)=O.CC(C)=O.CC(C)=O.[Cd+2].[Cd+2].[Cd+2].[Cd+2].[O-][Cl+3]([O-])([O-])[O-].[O-][Cl+3]([O-])([O-])[O-].[O-][Cl+3]([O-])([O-])[O-].[O-][Cl+3]([O-])([O-])[O-].[OH-].[OH-].[OH-].[OH-].[OH3+].[OH3+].c1cc(C(n2cccn2)n2cccn2)cc(C(n2cccn2)n2cccn2)c1.c1cc(C(n2cccn2)n2cccn2)cc(C(n2cccn2)n2cccn2)c1. The predicted octanol–water partition coefficient (Wildman–Crippen LogP) is -13.9. The number of aromatic nitrogens is 16. The van der Waals surface area contributed by atoms with Crippen LogP contribution in [0, 0.1) is 41.0 Å². The van der Waals surface area contributed by atoms with Gasteiger partial charge >= 0.3 is 109 Å². The Bertz CT molecular complexity index is 2910. The standard InChI is InChI=1S/2C20H18N8.4C3H6O.4Cd.4ClHO4.6H2O/c2*1-6-17(19(25-12-2-8-21-25)26-13-3-9-22-26)16-18(7-1)20(27-14-4-10-23-27)28-15-5-11-24-28;4*1-3(2)4;;;;;4*2-1(3,4)5;;;;;;/h2*1-16,19-20H;4*1-2H3;;;;;4*(H,2,3,4,5);6*1H2/q;;;;;;4*+2;;;;;;;;;;/p-6. The quantitative estimate of drug-likeness (QED) is 0.0809. The zero-order valence-corrected chi connectivity index (χ0v) is 74.6. The molecule has 102 heavy (non-hydrogen) atoms. The topological polar surface area (TPSA) is 766 Å². The van der Waals surface area contributed by atoms with Crippen molar-refractivity contribution < 1.29 is 277 Å². The number of benzene rings is 2. The third-order valence-corrected chi connectivity index (χ3v) is 9.22. The van der Waals surface area contributed by atoms with Crippen LogP contribution in [-0.2, 0) is 139 Å². The molecular weight excluding hydrogens is 1860 g/mol. The fourth-order valence-electron chi connectivity index (χ4n) is 6.87. The van der Waals surface area contributed by atoms with Gasteiger partial charge in [-0.3, -0.25) is 0 Å². The van der Waals surface area contributed by atoms with Crippen LogP contribution in [0.3, 0.4) is 0 Å². The molecule has 548 valence electrons. The third kappa shape index (κ3) is 59.1. The van der Waals surface area contributed by atoms with Gasteiger partial charge in [-0.2, -0.15) is 40.8 Å². The van der Waals surface area contributed by atoms with E-state index in [4.69, 9.17) is 74.5 Å². The van der Waals surface area contributed by atoms with Crippen molar-refractivity contribution in [1.29, 1.82) is 0 Å². The molecule has 10 N–H and O–H groups in total. The van der Waals surface area contributed by atoms with E-state index in [9.17, 15) is 19.2 Å². The van der Waals surface area contributed by atoms with Crippen LogP contribution >= 0.6 is 0 Å². The largest absolute Gasteiger partial charge is 2.00 e. The maximum absolute atomic E-state index is 9.44. The van der Waals surface area contributed by atoms with E-state index in [0.717, 1.165) is 22.3 Å². The number of carbonyl (C=O) groups is 4. The third-order valence-electron chi connectivity index (χ3n) is 9.22. The maximum Gasteiger partial charge on any atom is 2.00 e. The van der Waals surface area contributed by atoms with E-state index >= 15 is 0 Å². The van der Waals surface area contributed by atoms with Gasteiger partial charge in [0.25, 0.3) is 0 Å². The summed E-state index contributed by atoms with van der Waals surface area (Å²) >= 11 is 0. The van der Waals surface area contributed by atoms with Gasteiger partial charge in [0.15, 0.2) is 24.7 Å². The van der Waals surface area contributed by atoms with E-state index in [0.29, 0.717) is 0 Å². The molecule has 0 radical (unpaired) electrons. The van der Waals surface area contributed by atoms with Crippen LogP contribution in [0.5, 0.6) is 0 Å². The molecule has 50 heteroatoms. The second kappa shape index (κ2) is 61.0. The van der Waals surface area contributed by atoms with Crippen LogP contribution in [0.25, 0.3) is 0 Å². The van der Waals surface area contributed by atoms with E-state index in [1.807, 2.05) is 148 Å². The van der Waals surface area contributed by atoms with Gasteiger partial charge in [-0.05, 0) is 138 Å². The number of hydrogen-bond acceptors (Lipinski definition) is 32. The van der Waals surface area contributed by atoms with Crippen molar-refractivity contribution in [2.45, 2.75) is 80.1 Å². The first-order valence-corrected chi connectivity index (χ1v) is 30.2. The van der Waals surface area contributed by atoms with Crippen LogP contribution in [0.15, 0.2) is 196 Å². The van der Waals surface area contributed by atoms with Crippen LogP contribution in [0.4, 0.5) is 0 Å². The molecule has 0 atom stereocenters. The van der Waals surface area contributed by atoms with E-state index in [1.165, 1.54) is 55.4 Å².